The first-order valence-electron chi connectivity index (χ1n) is 12.8. The second-order valence-electron chi connectivity index (χ2n) is 9.31. The molecule has 0 unspecified atom stereocenters. The molecule has 0 saturated carbocycles. The molecule has 3 aromatic rings. The number of unbranched alkanes of at least 4 members (excludes halogenated alkanes) is 1. The second kappa shape index (κ2) is 14.7. The van der Waals surface area contributed by atoms with Crippen LogP contribution in [-0.4, -0.2) is 50.5 Å². The molecule has 0 aliphatic heterocycles. The van der Waals surface area contributed by atoms with Crippen LogP contribution in [0.4, 0.5) is 5.69 Å². The number of carbonyl (C=O) groups excluding carboxylic acids is 2. The number of nitrogens with one attached hydrogen (secondary N) is 1. The number of halogens is 3. The lowest BCUT2D eigenvalue weighted by molar-refractivity contribution is -0.140. The zero-order valence-electron chi connectivity index (χ0n) is 22.3. The van der Waals surface area contributed by atoms with E-state index in [1.165, 1.54) is 17.0 Å². The van der Waals surface area contributed by atoms with E-state index in [-0.39, 0.29) is 34.6 Å². The van der Waals surface area contributed by atoms with Gasteiger partial charge in [0.2, 0.25) is 21.8 Å². The van der Waals surface area contributed by atoms with Gasteiger partial charge in [-0.2, -0.15) is 0 Å². The van der Waals surface area contributed by atoms with E-state index in [4.69, 9.17) is 34.8 Å². The molecule has 0 heterocycles. The fourth-order valence-electron chi connectivity index (χ4n) is 4.15. The summed E-state index contributed by atoms with van der Waals surface area (Å²) in [6.45, 7) is 1.85. The molecule has 214 valence electrons. The third-order valence-electron chi connectivity index (χ3n) is 6.28. The third kappa shape index (κ3) is 8.61. The Kier molecular flexibility index (Phi) is 11.7. The molecule has 0 aliphatic rings. The Morgan fingerprint density at radius 3 is 2.20 bits per heavy atom. The Labute approximate surface area is 251 Å². The van der Waals surface area contributed by atoms with Gasteiger partial charge in [0.25, 0.3) is 0 Å². The van der Waals surface area contributed by atoms with Gasteiger partial charge < -0.3 is 10.2 Å². The van der Waals surface area contributed by atoms with Gasteiger partial charge in [0, 0.05) is 24.5 Å². The van der Waals surface area contributed by atoms with Crippen molar-refractivity contribution in [1.29, 1.82) is 0 Å². The standard InChI is InChI=1S/C29H32Cl3N3O4S/c1-3-4-17-33-29(37)26(18-21-11-6-5-7-12-21)34(19-22-13-8-9-14-23(22)30)27(36)20-35(40(2,38)39)25-16-10-15-24(31)28(25)32/h5-16,26H,3-4,17-20H2,1-2H3,(H,33,37)/t26-/m1/s1. The fraction of sp³-hybridized carbons (Fsp3) is 0.310. The number of nitrogens with zero attached hydrogens (tertiary/aromatic N) is 2. The predicted molar refractivity (Wildman–Crippen MR) is 163 cm³/mol. The molecule has 11 heteroatoms. The molecule has 0 radical (unpaired) electrons. The number of benzene rings is 3. The van der Waals surface area contributed by atoms with Crippen molar-refractivity contribution >= 4 is 62.3 Å². The highest BCUT2D eigenvalue weighted by molar-refractivity contribution is 7.92. The van der Waals surface area contributed by atoms with Crippen LogP contribution >= 0.6 is 34.8 Å². The average molecular weight is 625 g/mol. The van der Waals surface area contributed by atoms with Crippen molar-refractivity contribution in [3.63, 3.8) is 0 Å². The minimum atomic E-state index is -3.97. The Bertz CT molecular complexity index is 1420. The fourth-order valence-corrected chi connectivity index (χ4v) is 5.65. The first-order chi connectivity index (χ1) is 19.0. The summed E-state index contributed by atoms with van der Waals surface area (Å²) in [5.41, 5.74) is 1.52. The predicted octanol–water partition coefficient (Wildman–Crippen LogP) is 5.97. The van der Waals surface area contributed by atoms with Crippen molar-refractivity contribution in [2.45, 2.75) is 38.8 Å². The van der Waals surface area contributed by atoms with Gasteiger partial charge >= 0.3 is 0 Å². The number of anilines is 1. The molecule has 1 N–H and O–H groups in total. The second-order valence-corrected chi connectivity index (χ2v) is 12.4. The molecule has 1 atom stereocenters. The smallest absolute Gasteiger partial charge is 0.244 e. The molecule has 0 saturated heterocycles. The number of amides is 2. The molecular weight excluding hydrogens is 593 g/mol. The van der Waals surface area contributed by atoms with Crippen LogP contribution < -0.4 is 9.62 Å². The van der Waals surface area contributed by atoms with Crippen LogP contribution in [-0.2, 0) is 32.6 Å². The van der Waals surface area contributed by atoms with Gasteiger partial charge in [-0.15, -0.1) is 0 Å². The molecule has 7 nitrogen and oxygen atoms in total. The summed E-state index contributed by atoms with van der Waals surface area (Å²) in [5.74, 6) is -0.947. The maximum atomic E-state index is 14.1. The van der Waals surface area contributed by atoms with E-state index in [2.05, 4.69) is 5.32 Å². The topological polar surface area (TPSA) is 86.8 Å². The largest absolute Gasteiger partial charge is 0.354 e. The lowest BCUT2D eigenvalue weighted by Crippen LogP contribution is -2.53. The van der Waals surface area contributed by atoms with E-state index in [0.717, 1.165) is 29.0 Å². The van der Waals surface area contributed by atoms with E-state index < -0.39 is 28.5 Å². The van der Waals surface area contributed by atoms with Crippen LogP contribution in [0.1, 0.15) is 30.9 Å². The van der Waals surface area contributed by atoms with E-state index >= 15 is 0 Å². The molecule has 0 bridgehead atoms. The third-order valence-corrected chi connectivity index (χ3v) is 8.58. The van der Waals surface area contributed by atoms with Crippen LogP contribution in [0.15, 0.2) is 72.8 Å². The molecule has 40 heavy (non-hydrogen) atoms. The molecule has 3 aromatic carbocycles. The summed E-state index contributed by atoms with van der Waals surface area (Å²) in [6.07, 6.45) is 2.85. The van der Waals surface area contributed by atoms with Gasteiger partial charge in [0.15, 0.2) is 0 Å². The lowest BCUT2D eigenvalue weighted by atomic mass is 10.0. The summed E-state index contributed by atoms with van der Waals surface area (Å²) in [4.78, 5) is 29.0. The average Bonchev–Trinajstić information content (AvgIpc) is 2.92. The summed E-state index contributed by atoms with van der Waals surface area (Å²) in [7, 11) is -3.97. The van der Waals surface area contributed by atoms with Gasteiger partial charge in [-0.05, 0) is 35.7 Å². The minimum absolute atomic E-state index is 0.00168. The van der Waals surface area contributed by atoms with Crippen molar-refractivity contribution in [1.82, 2.24) is 10.2 Å². The summed E-state index contributed by atoms with van der Waals surface area (Å²) < 4.78 is 26.7. The minimum Gasteiger partial charge on any atom is -0.354 e. The van der Waals surface area contributed by atoms with Crippen LogP contribution in [0.2, 0.25) is 15.1 Å². The van der Waals surface area contributed by atoms with Gasteiger partial charge in [-0.3, -0.25) is 13.9 Å². The first-order valence-corrected chi connectivity index (χ1v) is 15.8. The van der Waals surface area contributed by atoms with Crippen molar-refractivity contribution in [3.8, 4) is 0 Å². The molecule has 0 aromatic heterocycles. The van der Waals surface area contributed by atoms with Crippen molar-refractivity contribution in [2.24, 2.45) is 0 Å². The van der Waals surface area contributed by atoms with Gasteiger partial charge in [0.1, 0.15) is 12.6 Å². The van der Waals surface area contributed by atoms with E-state index in [1.807, 2.05) is 37.3 Å². The number of rotatable bonds is 13. The van der Waals surface area contributed by atoms with Gasteiger partial charge in [-0.25, -0.2) is 8.42 Å². The summed E-state index contributed by atoms with van der Waals surface area (Å²) in [6, 6.07) is 19.9. The van der Waals surface area contributed by atoms with Crippen LogP contribution in [0.3, 0.4) is 0 Å². The van der Waals surface area contributed by atoms with Crippen molar-refractivity contribution < 1.29 is 18.0 Å². The van der Waals surface area contributed by atoms with Gasteiger partial charge in [0.05, 0.1) is 22.0 Å². The normalized spacial score (nSPS) is 12.0. The quantitative estimate of drug-likeness (QED) is 0.238. The molecule has 0 aliphatic carbocycles. The molecule has 3 rings (SSSR count). The highest BCUT2D eigenvalue weighted by Gasteiger charge is 2.33. The molecule has 2 amide bonds. The van der Waals surface area contributed by atoms with Gasteiger partial charge in [-0.1, -0.05) is 103 Å². The van der Waals surface area contributed by atoms with Crippen LogP contribution in [0.25, 0.3) is 0 Å². The zero-order chi connectivity index (χ0) is 29.3. The number of sulfonamides is 1. The maximum absolute atomic E-state index is 14.1. The van der Waals surface area contributed by atoms with Crippen LogP contribution in [0.5, 0.6) is 0 Å². The zero-order valence-corrected chi connectivity index (χ0v) is 25.4. The van der Waals surface area contributed by atoms with E-state index in [0.29, 0.717) is 17.1 Å². The Balaban J connectivity index is 2.07. The van der Waals surface area contributed by atoms with Crippen molar-refractivity contribution in [3.05, 3.63) is 99.0 Å². The highest BCUT2D eigenvalue weighted by atomic mass is 35.5. The SMILES string of the molecule is CCCCNC(=O)[C@@H](Cc1ccccc1)N(Cc1ccccc1Cl)C(=O)CN(c1cccc(Cl)c1Cl)S(C)(=O)=O. The summed E-state index contributed by atoms with van der Waals surface area (Å²) in [5, 5.41) is 3.50. The van der Waals surface area contributed by atoms with E-state index in [9.17, 15) is 18.0 Å². The number of hydrogen-bond acceptors (Lipinski definition) is 4. The van der Waals surface area contributed by atoms with E-state index in [1.54, 1.807) is 30.3 Å². The maximum Gasteiger partial charge on any atom is 0.244 e. The molecular formula is C29H32Cl3N3O4S. The number of carbonyl (C=O) groups is 2. The Morgan fingerprint density at radius 1 is 0.900 bits per heavy atom. The first kappa shape index (κ1) is 31.7. The number of hydrogen-bond donors (Lipinski definition) is 1. The van der Waals surface area contributed by atoms with Crippen LogP contribution in [0, 0.1) is 0 Å². The Hall–Kier alpha value is -2.78. The molecule has 0 spiro atoms. The highest BCUT2D eigenvalue weighted by Crippen LogP contribution is 2.34. The Morgan fingerprint density at radius 2 is 1.55 bits per heavy atom. The molecule has 0 fully saturated rings. The van der Waals surface area contributed by atoms with Crippen molar-refractivity contribution in [2.75, 3.05) is 23.7 Å². The summed E-state index contributed by atoms with van der Waals surface area (Å²) >= 11 is 19.0. The lowest BCUT2D eigenvalue weighted by Gasteiger charge is -2.34. The monoisotopic (exact) mass is 623 g/mol.